The average Bonchev–Trinajstić information content (AvgIpc) is 2.77. The van der Waals surface area contributed by atoms with Gasteiger partial charge in [-0.15, -0.1) is 0 Å². The van der Waals surface area contributed by atoms with Gasteiger partial charge < -0.3 is 5.32 Å². The van der Waals surface area contributed by atoms with E-state index in [1.54, 1.807) is 6.07 Å². The number of sulfone groups is 1. The summed E-state index contributed by atoms with van der Waals surface area (Å²) in [5.74, 6) is -0.0985. The van der Waals surface area contributed by atoms with Crippen molar-refractivity contribution in [2.75, 3.05) is 11.5 Å². The van der Waals surface area contributed by atoms with Crippen LogP contribution in [0.4, 0.5) is 0 Å². The Morgan fingerprint density at radius 2 is 2.10 bits per heavy atom. The van der Waals surface area contributed by atoms with E-state index in [9.17, 15) is 13.2 Å². The Labute approximate surface area is 116 Å². The molecule has 2 aromatic rings. The first kappa shape index (κ1) is 13.1. The molecule has 0 spiro atoms. The second-order valence-corrected chi connectivity index (χ2v) is 7.22. The van der Waals surface area contributed by atoms with E-state index in [1.807, 2.05) is 24.3 Å². The minimum absolute atomic E-state index is 0.0275. The van der Waals surface area contributed by atoms with E-state index in [-0.39, 0.29) is 23.5 Å². The number of nitrogens with one attached hydrogen (secondary N) is 1. The number of pyridine rings is 1. The van der Waals surface area contributed by atoms with Crippen LogP contribution >= 0.6 is 0 Å². The van der Waals surface area contributed by atoms with Gasteiger partial charge in [0.1, 0.15) is 0 Å². The third-order valence-corrected chi connectivity index (χ3v) is 5.19. The SMILES string of the molecule is O=C(NC1CCS(=O)(=O)C1)c1cnc2ccccc2c1. The number of rotatable bonds is 2. The lowest BCUT2D eigenvalue weighted by Crippen LogP contribution is -2.35. The number of para-hydroxylation sites is 1. The van der Waals surface area contributed by atoms with Crippen LogP contribution in [0.25, 0.3) is 10.9 Å². The van der Waals surface area contributed by atoms with E-state index in [2.05, 4.69) is 10.3 Å². The number of carbonyl (C=O) groups is 1. The number of amides is 1. The van der Waals surface area contributed by atoms with Crippen molar-refractivity contribution in [1.29, 1.82) is 0 Å². The summed E-state index contributed by atoms with van der Waals surface area (Å²) >= 11 is 0. The maximum atomic E-state index is 12.1. The monoisotopic (exact) mass is 290 g/mol. The first-order valence-corrected chi connectivity index (χ1v) is 8.22. The maximum absolute atomic E-state index is 12.1. The smallest absolute Gasteiger partial charge is 0.253 e. The van der Waals surface area contributed by atoms with Gasteiger partial charge >= 0.3 is 0 Å². The Bertz CT molecular complexity index is 771. The van der Waals surface area contributed by atoms with Crippen molar-refractivity contribution in [2.24, 2.45) is 0 Å². The quantitative estimate of drug-likeness (QED) is 0.900. The summed E-state index contributed by atoms with van der Waals surface area (Å²) in [5.41, 5.74) is 1.28. The van der Waals surface area contributed by atoms with Gasteiger partial charge in [0, 0.05) is 17.6 Å². The summed E-state index contributed by atoms with van der Waals surface area (Å²) < 4.78 is 22.7. The summed E-state index contributed by atoms with van der Waals surface area (Å²) in [6.07, 6.45) is 2.00. The molecule has 0 saturated carbocycles. The summed E-state index contributed by atoms with van der Waals surface area (Å²) in [7, 11) is -2.99. The fraction of sp³-hybridized carbons (Fsp3) is 0.286. The highest BCUT2D eigenvalue weighted by Gasteiger charge is 2.29. The predicted molar refractivity (Wildman–Crippen MR) is 76.3 cm³/mol. The van der Waals surface area contributed by atoms with Crippen LogP contribution in [0.15, 0.2) is 36.5 Å². The number of hydrogen-bond acceptors (Lipinski definition) is 4. The van der Waals surface area contributed by atoms with E-state index in [1.165, 1.54) is 6.20 Å². The molecule has 1 atom stereocenters. The zero-order valence-corrected chi connectivity index (χ0v) is 11.6. The highest BCUT2D eigenvalue weighted by atomic mass is 32.2. The molecule has 1 aromatic heterocycles. The van der Waals surface area contributed by atoms with Crippen molar-refractivity contribution in [1.82, 2.24) is 10.3 Å². The molecule has 1 aliphatic heterocycles. The van der Waals surface area contributed by atoms with Crippen LogP contribution in [0.3, 0.4) is 0 Å². The molecule has 1 N–H and O–H groups in total. The number of carbonyl (C=O) groups excluding carboxylic acids is 1. The third-order valence-electron chi connectivity index (χ3n) is 3.42. The molecule has 1 unspecified atom stereocenters. The Balaban J connectivity index is 1.79. The second kappa shape index (κ2) is 4.86. The molecule has 0 bridgehead atoms. The maximum Gasteiger partial charge on any atom is 0.253 e. The zero-order valence-electron chi connectivity index (χ0n) is 10.7. The lowest BCUT2D eigenvalue weighted by molar-refractivity contribution is 0.0941. The number of aromatic nitrogens is 1. The number of benzene rings is 1. The fourth-order valence-electron chi connectivity index (χ4n) is 2.37. The molecular weight excluding hydrogens is 276 g/mol. The van der Waals surface area contributed by atoms with Gasteiger partial charge in [-0.3, -0.25) is 9.78 Å². The van der Waals surface area contributed by atoms with Gasteiger partial charge in [-0.05, 0) is 18.6 Å². The minimum Gasteiger partial charge on any atom is -0.348 e. The van der Waals surface area contributed by atoms with Gasteiger partial charge in [0.25, 0.3) is 5.91 Å². The lowest BCUT2D eigenvalue weighted by atomic mass is 10.1. The normalized spacial score (nSPS) is 20.9. The summed E-state index contributed by atoms with van der Waals surface area (Å²) in [5, 5.41) is 3.65. The Morgan fingerprint density at radius 1 is 1.30 bits per heavy atom. The number of fused-ring (bicyclic) bond motifs is 1. The van der Waals surface area contributed by atoms with E-state index >= 15 is 0 Å². The molecular formula is C14H14N2O3S. The van der Waals surface area contributed by atoms with Crippen LogP contribution in [-0.4, -0.2) is 36.9 Å². The van der Waals surface area contributed by atoms with Crippen LogP contribution in [0, 0.1) is 0 Å². The van der Waals surface area contributed by atoms with Gasteiger partial charge in [0.05, 0.1) is 22.6 Å². The van der Waals surface area contributed by atoms with Crippen LogP contribution in [0.1, 0.15) is 16.8 Å². The molecule has 1 aliphatic rings. The molecule has 5 nitrogen and oxygen atoms in total. The summed E-state index contributed by atoms with van der Waals surface area (Å²) in [6.45, 7) is 0. The van der Waals surface area contributed by atoms with Crippen molar-refractivity contribution < 1.29 is 13.2 Å². The van der Waals surface area contributed by atoms with Crippen LogP contribution < -0.4 is 5.32 Å². The minimum atomic E-state index is -2.99. The van der Waals surface area contributed by atoms with Crippen molar-refractivity contribution in [3.63, 3.8) is 0 Å². The highest BCUT2D eigenvalue weighted by molar-refractivity contribution is 7.91. The molecule has 1 amide bonds. The molecule has 1 saturated heterocycles. The summed E-state index contributed by atoms with van der Waals surface area (Å²) in [6, 6.07) is 9.01. The van der Waals surface area contributed by atoms with E-state index in [4.69, 9.17) is 0 Å². The van der Waals surface area contributed by atoms with Gasteiger partial charge in [-0.25, -0.2) is 8.42 Å². The Hall–Kier alpha value is -1.95. The first-order chi connectivity index (χ1) is 9.53. The molecule has 0 radical (unpaired) electrons. The fourth-order valence-corrected chi connectivity index (χ4v) is 4.05. The van der Waals surface area contributed by atoms with E-state index < -0.39 is 9.84 Å². The molecule has 2 heterocycles. The number of nitrogens with zero attached hydrogens (tertiary/aromatic N) is 1. The number of hydrogen-bond donors (Lipinski definition) is 1. The van der Waals surface area contributed by atoms with Gasteiger partial charge in [0.15, 0.2) is 9.84 Å². The average molecular weight is 290 g/mol. The molecule has 104 valence electrons. The van der Waals surface area contributed by atoms with Crippen molar-refractivity contribution in [3.05, 3.63) is 42.1 Å². The van der Waals surface area contributed by atoms with E-state index in [0.717, 1.165) is 10.9 Å². The largest absolute Gasteiger partial charge is 0.348 e. The molecule has 0 aliphatic carbocycles. The Morgan fingerprint density at radius 3 is 2.85 bits per heavy atom. The van der Waals surface area contributed by atoms with Crippen LogP contribution in [0.2, 0.25) is 0 Å². The molecule has 6 heteroatoms. The van der Waals surface area contributed by atoms with Gasteiger partial charge in [0.2, 0.25) is 0 Å². The lowest BCUT2D eigenvalue weighted by Gasteiger charge is -2.10. The molecule has 3 rings (SSSR count). The van der Waals surface area contributed by atoms with E-state index in [0.29, 0.717) is 12.0 Å². The zero-order chi connectivity index (χ0) is 14.2. The predicted octanol–water partition coefficient (Wildman–Crippen LogP) is 1.15. The van der Waals surface area contributed by atoms with Crippen molar-refractivity contribution in [3.8, 4) is 0 Å². The van der Waals surface area contributed by atoms with Crippen LogP contribution in [0.5, 0.6) is 0 Å². The van der Waals surface area contributed by atoms with Gasteiger partial charge in [-0.1, -0.05) is 18.2 Å². The third kappa shape index (κ3) is 2.65. The molecule has 1 aromatic carbocycles. The Kier molecular flexibility index (Phi) is 3.17. The van der Waals surface area contributed by atoms with Gasteiger partial charge in [-0.2, -0.15) is 0 Å². The standard InChI is InChI=1S/C14H14N2O3S/c17-14(16-12-5-6-20(18,19)9-12)11-7-10-3-1-2-4-13(10)15-8-11/h1-4,7-8,12H,5-6,9H2,(H,16,17). The van der Waals surface area contributed by atoms with Crippen LogP contribution in [-0.2, 0) is 9.84 Å². The van der Waals surface area contributed by atoms with Crippen molar-refractivity contribution in [2.45, 2.75) is 12.5 Å². The molecule has 1 fully saturated rings. The second-order valence-electron chi connectivity index (χ2n) is 4.99. The summed E-state index contributed by atoms with van der Waals surface area (Å²) in [4.78, 5) is 16.3. The molecule has 20 heavy (non-hydrogen) atoms. The highest BCUT2D eigenvalue weighted by Crippen LogP contribution is 2.15. The first-order valence-electron chi connectivity index (χ1n) is 6.40. The van der Waals surface area contributed by atoms with Crippen molar-refractivity contribution >= 4 is 26.6 Å². The topological polar surface area (TPSA) is 76.1 Å².